The summed E-state index contributed by atoms with van der Waals surface area (Å²) in [7, 11) is 0. The summed E-state index contributed by atoms with van der Waals surface area (Å²) in [5.74, 6) is -0.549. The molecule has 0 spiro atoms. The number of hydrogen-bond donors (Lipinski definition) is 0. The fourth-order valence-electron chi connectivity index (χ4n) is 2.38. The van der Waals surface area contributed by atoms with Gasteiger partial charge in [0.15, 0.2) is 0 Å². The van der Waals surface area contributed by atoms with E-state index < -0.39 is 0 Å². The normalized spacial score (nSPS) is 10.4. The maximum Gasteiger partial charge on any atom is 0.310 e. The van der Waals surface area contributed by atoms with Crippen molar-refractivity contribution in [3.05, 3.63) is 71.8 Å². The summed E-state index contributed by atoms with van der Waals surface area (Å²) in [6, 6.07) is 18.9. The third-order valence-corrected chi connectivity index (χ3v) is 3.74. The van der Waals surface area contributed by atoms with Crippen molar-refractivity contribution in [1.82, 2.24) is 0 Å². The van der Waals surface area contributed by atoms with E-state index in [1.807, 2.05) is 60.7 Å². The molecule has 28 heavy (non-hydrogen) atoms. The molecule has 0 bridgehead atoms. The first-order chi connectivity index (χ1) is 13.7. The summed E-state index contributed by atoms with van der Waals surface area (Å²) in [6.45, 7) is 1.82. The van der Waals surface area contributed by atoms with Gasteiger partial charge >= 0.3 is 11.9 Å². The zero-order valence-electron chi connectivity index (χ0n) is 15.9. The van der Waals surface area contributed by atoms with Gasteiger partial charge in [0.05, 0.1) is 39.3 Å². The van der Waals surface area contributed by atoms with Crippen LogP contribution in [0, 0.1) is 0 Å². The fraction of sp³-hybridized carbons (Fsp3) is 0.364. The number of carbonyl (C=O) groups excluding carboxylic acids is 2. The number of esters is 2. The van der Waals surface area contributed by atoms with Crippen LogP contribution in [0.25, 0.3) is 0 Å². The van der Waals surface area contributed by atoms with Crippen molar-refractivity contribution in [2.24, 2.45) is 0 Å². The molecule has 150 valence electrons. The number of hydrogen-bond acceptors (Lipinski definition) is 6. The van der Waals surface area contributed by atoms with E-state index in [0.29, 0.717) is 26.4 Å². The summed E-state index contributed by atoms with van der Waals surface area (Å²) in [5.41, 5.74) is 1.84. The molecule has 0 atom stereocenters. The molecule has 0 aliphatic carbocycles. The van der Waals surface area contributed by atoms with Crippen LogP contribution in [-0.2, 0) is 41.4 Å². The van der Waals surface area contributed by atoms with Gasteiger partial charge in [-0.25, -0.2) is 0 Å². The minimum atomic E-state index is -0.275. The van der Waals surface area contributed by atoms with Crippen LogP contribution >= 0.6 is 0 Å². The molecule has 6 heteroatoms. The number of rotatable bonds is 13. The van der Waals surface area contributed by atoms with E-state index in [1.54, 1.807) is 0 Å². The van der Waals surface area contributed by atoms with Crippen molar-refractivity contribution in [3.8, 4) is 0 Å². The largest absolute Gasteiger partial charge is 0.463 e. The van der Waals surface area contributed by atoms with E-state index in [-0.39, 0.29) is 38.0 Å². The van der Waals surface area contributed by atoms with Crippen molar-refractivity contribution in [3.63, 3.8) is 0 Å². The van der Waals surface area contributed by atoms with E-state index in [2.05, 4.69) is 0 Å². The van der Waals surface area contributed by atoms with Crippen LogP contribution in [0.3, 0.4) is 0 Å². The second-order valence-corrected chi connectivity index (χ2v) is 5.99. The Morgan fingerprint density at radius 1 is 0.536 bits per heavy atom. The van der Waals surface area contributed by atoms with E-state index in [1.165, 1.54) is 0 Å². The Morgan fingerprint density at radius 3 is 1.29 bits per heavy atom. The Balaban J connectivity index is 1.37. The molecule has 0 saturated heterocycles. The van der Waals surface area contributed by atoms with E-state index >= 15 is 0 Å². The minimum Gasteiger partial charge on any atom is -0.463 e. The first-order valence-corrected chi connectivity index (χ1v) is 9.28. The highest BCUT2D eigenvalue weighted by atomic mass is 16.6. The third kappa shape index (κ3) is 9.85. The Bertz CT molecular complexity index is 625. The standard InChI is InChI=1S/C22H26O6/c23-21(17-19-7-3-1-4-8-19)27-15-13-25-11-12-26-14-16-28-22(24)18-20-9-5-2-6-10-20/h1-10H,11-18H2. The zero-order chi connectivity index (χ0) is 19.9. The Hall–Kier alpha value is -2.70. The molecule has 0 aliphatic heterocycles. The monoisotopic (exact) mass is 386 g/mol. The lowest BCUT2D eigenvalue weighted by atomic mass is 10.2. The number of benzene rings is 2. The summed E-state index contributed by atoms with van der Waals surface area (Å²) in [4.78, 5) is 23.3. The van der Waals surface area contributed by atoms with E-state index in [4.69, 9.17) is 18.9 Å². The van der Waals surface area contributed by atoms with Crippen LogP contribution in [0.1, 0.15) is 11.1 Å². The fourth-order valence-corrected chi connectivity index (χ4v) is 2.38. The van der Waals surface area contributed by atoms with Gasteiger partial charge in [-0.3, -0.25) is 9.59 Å². The molecule has 2 rings (SSSR count). The molecule has 6 nitrogen and oxygen atoms in total. The van der Waals surface area contributed by atoms with Crippen LogP contribution in [0.4, 0.5) is 0 Å². The summed E-state index contributed by atoms with van der Waals surface area (Å²) in [6.07, 6.45) is 0.514. The van der Waals surface area contributed by atoms with Crippen molar-refractivity contribution in [2.75, 3.05) is 39.6 Å². The molecule has 0 saturated carbocycles. The molecule has 2 aromatic carbocycles. The zero-order valence-corrected chi connectivity index (χ0v) is 15.9. The van der Waals surface area contributed by atoms with Gasteiger partial charge in [0, 0.05) is 0 Å². The predicted octanol–water partition coefficient (Wildman–Crippen LogP) is 2.59. The number of ether oxygens (including phenoxy) is 4. The van der Waals surface area contributed by atoms with Gasteiger partial charge in [0.25, 0.3) is 0 Å². The summed E-state index contributed by atoms with van der Waals surface area (Å²) < 4.78 is 20.9. The van der Waals surface area contributed by atoms with E-state index in [0.717, 1.165) is 11.1 Å². The highest BCUT2D eigenvalue weighted by molar-refractivity contribution is 5.72. The highest BCUT2D eigenvalue weighted by Gasteiger charge is 2.05. The van der Waals surface area contributed by atoms with Crippen LogP contribution < -0.4 is 0 Å². The van der Waals surface area contributed by atoms with Gasteiger partial charge in [-0.2, -0.15) is 0 Å². The highest BCUT2D eigenvalue weighted by Crippen LogP contribution is 2.01. The second-order valence-electron chi connectivity index (χ2n) is 5.99. The maximum atomic E-state index is 11.6. The van der Waals surface area contributed by atoms with Crippen molar-refractivity contribution >= 4 is 11.9 Å². The van der Waals surface area contributed by atoms with Gasteiger partial charge in [0.1, 0.15) is 13.2 Å². The van der Waals surface area contributed by atoms with E-state index in [9.17, 15) is 9.59 Å². The summed E-state index contributed by atoms with van der Waals surface area (Å²) >= 11 is 0. The van der Waals surface area contributed by atoms with Gasteiger partial charge in [-0.15, -0.1) is 0 Å². The van der Waals surface area contributed by atoms with Gasteiger partial charge in [-0.1, -0.05) is 60.7 Å². The lowest BCUT2D eigenvalue weighted by Crippen LogP contribution is -2.16. The quantitative estimate of drug-likeness (QED) is 0.389. The molecular weight excluding hydrogens is 360 g/mol. The second kappa shape index (κ2) is 13.5. The molecule has 0 aliphatic rings. The summed E-state index contributed by atoms with van der Waals surface area (Å²) in [5, 5.41) is 0. The molecule has 0 heterocycles. The Labute approximate surface area is 165 Å². The van der Waals surface area contributed by atoms with Crippen LogP contribution in [0.2, 0.25) is 0 Å². The van der Waals surface area contributed by atoms with Crippen LogP contribution in [0.5, 0.6) is 0 Å². The van der Waals surface area contributed by atoms with Crippen molar-refractivity contribution < 1.29 is 28.5 Å². The smallest absolute Gasteiger partial charge is 0.310 e. The van der Waals surface area contributed by atoms with Crippen molar-refractivity contribution in [1.29, 1.82) is 0 Å². The molecule has 2 aromatic rings. The molecule has 0 aromatic heterocycles. The molecule has 0 unspecified atom stereocenters. The van der Waals surface area contributed by atoms with Gasteiger partial charge in [-0.05, 0) is 11.1 Å². The van der Waals surface area contributed by atoms with Crippen molar-refractivity contribution in [2.45, 2.75) is 12.8 Å². The first kappa shape index (κ1) is 21.6. The topological polar surface area (TPSA) is 71.1 Å². The minimum absolute atomic E-state index is 0.211. The van der Waals surface area contributed by atoms with Gasteiger partial charge in [0.2, 0.25) is 0 Å². The van der Waals surface area contributed by atoms with Crippen LogP contribution in [-0.4, -0.2) is 51.6 Å². The average Bonchev–Trinajstić information content (AvgIpc) is 2.71. The molecule has 0 fully saturated rings. The van der Waals surface area contributed by atoms with Crippen LogP contribution in [0.15, 0.2) is 60.7 Å². The average molecular weight is 386 g/mol. The third-order valence-electron chi connectivity index (χ3n) is 3.74. The molecule has 0 N–H and O–H groups in total. The first-order valence-electron chi connectivity index (χ1n) is 9.28. The van der Waals surface area contributed by atoms with Gasteiger partial charge < -0.3 is 18.9 Å². The number of carbonyl (C=O) groups is 2. The lowest BCUT2D eigenvalue weighted by molar-refractivity contribution is -0.146. The maximum absolute atomic E-state index is 11.6. The molecule has 0 radical (unpaired) electrons. The SMILES string of the molecule is O=C(Cc1ccccc1)OCCOCCOCCOC(=O)Cc1ccccc1. The lowest BCUT2D eigenvalue weighted by Gasteiger charge is -2.08. The molecular formula is C22H26O6. The Kier molecular flexibility index (Phi) is 10.4. The Morgan fingerprint density at radius 2 is 0.893 bits per heavy atom. The predicted molar refractivity (Wildman–Crippen MR) is 104 cm³/mol. The molecule has 0 amide bonds.